The summed E-state index contributed by atoms with van der Waals surface area (Å²) in [5.41, 5.74) is 5.64. The van der Waals surface area contributed by atoms with E-state index in [2.05, 4.69) is 18.7 Å². The maximum absolute atomic E-state index is 12.8. The van der Waals surface area contributed by atoms with Gasteiger partial charge in [-0.1, -0.05) is 12.8 Å². The smallest absolute Gasteiger partial charge is 0.230 e. The highest BCUT2D eigenvalue weighted by molar-refractivity contribution is 5.83. The van der Waals surface area contributed by atoms with Crippen LogP contribution in [0.15, 0.2) is 0 Å². The van der Waals surface area contributed by atoms with E-state index in [0.29, 0.717) is 6.54 Å². The van der Waals surface area contributed by atoms with Gasteiger partial charge in [-0.25, -0.2) is 0 Å². The summed E-state index contributed by atoms with van der Waals surface area (Å²) in [5, 5.41) is 0. The van der Waals surface area contributed by atoms with E-state index in [1.807, 2.05) is 19.0 Å². The number of carbonyl (C=O) groups is 1. The van der Waals surface area contributed by atoms with Crippen molar-refractivity contribution in [1.82, 2.24) is 9.80 Å². The van der Waals surface area contributed by atoms with E-state index in [1.54, 1.807) is 0 Å². The fraction of sp³-hybridized carbons (Fsp3) is 0.929. The standard InChI is InChI=1S/C14H29N3O/c1-5-17(12(2)10-16(3)4)13(18)14(11-15)8-6-7-9-14/h12H,5-11,15H2,1-4H3. The van der Waals surface area contributed by atoms with Crippen LogP contribution in [0.3, 0.4) is 0 Å². The Balaban J connectivity index is 2.77. The van der Waals surface area contributed by atoms with E-state index in [-0.39, 0.29) is 17.4 Å². The van der Waals surface area contributed by atoms with E-state index in [1.165, 1.54) is 0 Å². The number of likely N-dealkylation sites (N-methyl/N-ethyl adjacent to an activating group) is 2. The maximum Gasteiger partial charge on any atom is 0.230 e. The van der Waals surface area contributed by atoms with Gasteiger partial charge in [-0.05, 0) is 40.8 Å². The third-order valence-corrected chi connectivity index (χ3v) is 4.17. The lowest BCUT2D eigenvalue weighted by Crippen LogP contribution is -2.52. The Morgan fingerprint density at radius 1 is 1.33 bits per heavy atom. The molecule has 0 bridgehead atoms. The first-order valence-corrected chi connectivity index (χ1v) is 7.12. The second kappa shape index (κ2) is 6.53. The average Bonchev–Trinajstić information content (AvgIpc) is 2.78. The van der Waals surface area contributed by atoms with Crippen LogP contribution in [-0.2, 0) is 4.79 Å². The molecule has 4 nitrogen and oxygen atoms in total. The van der Waals surface area contributed by atoms with Crippen molar-refractivity contribution in [2.75, 3.05) is 33.7 Å². The van der Waals surface area contributed by atoms with Crippen LogP contribution in [0.1, 0.15) is 39.5 Å². The van der Waals surface area contributed by atoms with Crippen molar-refractivity contribution in [3.63, 3.8) is 0 Å². The van der Waals surface area contributed by atoms with Crippen LogP contribution in [-0.4, -0.2) is 55.5 Å². The number of rotatable bonds is 6. The molecule has 1 aliphatic carbocycles. The summed E-state index contributed by atoms with van der Waals surface area (Å²) in [5.74, 6) is 0.277. The van der Waals surface area contributed by atoms with Gasteiger partial charge in [-0.15, -0.1) is 0 Å². The Labute approximate surface area is 111 Å². The lowest BCUT2D eigenvalue weighted by Gasteiger charge is -2.37. The van der Waals surface area contributed by atoms with Gasteiger partial charge >= 0.3 is 0 Å². The van der Waals surface area contributed by atoms with Crippen LogP contribution in [0.25, 0.3) is 0 Å². The Hall–Kier alpha value is -0.610. The van der Waals surface area contributed by atoms with Crippen molar-refractivity contribution in [2.45, 2.75) is 45.6 Å². The van der Waals surface area contributed by atoms with Gasteiger partial charge in [0.2, 0.25) is 5.91 Å². The zero-order valence-corrected chi connectivity index (χ0v) is 12.4. The molecule has 0 aromatic heterocycles. The van der Waals surface area contributed by atoms with Gasteiger partial charge in [-0.2, -0.15) is 0 Å². The maximum atomic E-state index is 12.8. The van der Waals surface area contributed by atoms with Crippen LogP contribution in [0.4, 0.5) is 0 Å². The van der Waals surface area contributed by atoms with Gasteiger partial charge < -0.3 is 15.5 Å². The molecule has 0 radical (unpaired) electrons. The molecule has 1 rings (SSSR count). The third kappa shape index (κ3) is 3.23. The molecule has 0 saturated heterocycles. The molecule has 106 valence electrons. The molecule has 1 atom stereocenters. The predicted octanol–water partition coefficient (Wildman–Crippen LogP) is 1.30. The summed E-state index contributed by atoms with van der Waals surface area (Å²) in [7, 11) is 4.09. The Bertz CT molecular complexity index is 272. The highest BCUT2D eigenvalue weighted by Crippen LogP contribution is 2.39. The Morgan fingerprint density at radius 3 is 2.28 bits per heavy atom. The monoisotopic (exact) mass is 255 g/mol. The van der Waals surface area contributed by atoms with E-state index in [9.17, 15) is 4.79 Å². The number of nitrogens with zero attached hydrogens (tertiary/aromatic N) is 2. The number of carbonyl (C=O) groups excluding carboxylic acids is 1. The lowest BCUT2D eigenvalue weighted by molar-refractivity contribution is -0.143. The van der Waals surface area contributed by atoms with Crippen molar-refractivity contribution in [3.05, 3.63) is 0 Å². The summed E-state index contributed by atoms with van der Waals surface area (Å²) in [6.07, 6.45) is 4.21. The van der Waals surface area contributed by atoms with Crippen LogP contribution in [0.2, 0.25) is 0 Å². The summed E-state index contributed by atoms with van der Waals surface area (Å²) >= 11 is 0. The highest BCUT2D eigenvalue weighted by Gasteiger charge is 2.42. The van der Waals surface area contributed by atoms with Crippen molar-refractivity contribution in [2.24, 2.45) is 11.1 Å². The molecule has 1 unspecified atom stereocenters. The fourth-order valence-corrected chi connectivity index (χ4v) is 3.14. The molecule has 0 heterocycles. The number of amides is 1. The first-order chi connectivity index (χ1) is 8.46. The van der Waals surface area contributed by atoms with Crippen molar-refractivity contribution in [3.8, 4) is 0 Å². The van der Waals surface area contributed by atoms with Gasteiger partial charge in [0.25, 0.3) is 0 Å². The predicted molar refractivity (Wildman–Crippen MR) is 75.4 cm³/mol. The zero-order chi connectivity index (χ0) is 13.8. The largest absolute Gasteiger partial charge is 0.338 e. The van der Waals surface area contributed by atoms with Gasteiger partial charge in [0, 0.05) is 25.7 Å². The van der Waals surface area contributed by atoms with Crippen molar-refractivity contribution >= 4 is 5.91 Å². The number of nitrogens with two attached hydrogens (primary N) is 1. The van der Waals surface area contributed by atoms with E-state index in [4.69, 9.17) is 5.73 Å². The quantitative estimate of drug-likeness (QED) is 0.778. The van der Waals surface area contributed by atoms with Gasteiger partial charge in [0.1, 0.15) is 0 Å². The van der Waals surface area contributed by atoms with E-state index >= 15 is 0 Å². The molecular weight excluding hydrogens is 226 g/mol. The lowest BCUT2D eigenvalue weighted by atomic mass is 9.84. The molecule has 0 aliphatic heterocycles. The highest BCUT2D eigenvalue weighted by atomic mass is 16.2. The minimum atomic E-state index is -0.267. The van der Waals surface area contributed by atoms with Crippen LogP contribution >= 0.6 is 0 Å². The topological polar surface area (TPSA) is 49.6 Å². The third-order valence-electron chi connectivity index (χ3n) is 4.17. The Morgan fingerprint density at radius 2 is 1.89 bits per heavy atom. The first kappa shape index (κ1) is 15.4. The molecule has 0 spiro atoms. The van der Waals surface area contributed by atoms with Crippen molar-refractivity contribution < 1.29 is 4.79 Å². The van der Waals surface area contributed by atoms with Gasteiger partial charge in [-0.3, -0.25) is 4.79 Å². The minimum absolute atomic E-state index is 0.251. The van der Waals surface area contributed by atoms with Crippen LogP contribution < -0.4 is 5.73 Å². The molecule has 0 aromatic carbocycles. The summed E-state index contributed by atoms with van der Waals surface area (Å²) in [4.78, 5) is 16.9. The van der Waals surface area contributed by atoms with E-state index < -0.39 is 0 Å². The molecule has 1 aliphatic rings. The summed E-state index contributed by atoms with van der Waals surface area (Å²) in [6.45, 7) is 6.36. The van der Waals surface area contributed by atoms with Gasteiger partial charge in [0.15, 0.2) is 0 Å². The number of hydrogen-bond acceptors (Lipinski definition) is 3. The molecule has 0 aromatic rings. The summed E-state index contributed by atoms with van der Waals surface area (Å²) < 4.78 is 0. The molecule has 4 heteroatoms. The molecule has 1 fully saturated rings. The zero-order valence-electron chi connectivity index (χ0n) is 12.4. The fourth-order valence-electron chi connectivity index (χ4n) is 3.14. The van der Waals surface area contributed by atoms with Gasteiger partial charge in [0.05, 0.1) is 5.41 Å². The minimum Gasteiger partial charge on any atom is -0.338 e. The van der Waals surface area contributed by atoms with Crippen LogP contribution in [0, 0.1) is 5.41 Å². The molecule has 18 heavy (non-hydrogen) atoms. The molecule has 1 amide bonds. The van der Waals surface area contributed by atoms with E-state index in [0.717, 1.165) is 38.8 Å². The number of hydrogen-bond donors (Lipinski definition) is 1. The molecular formula is C14H29N3O. The molecule has 2 N–H and O–H groups in total. The first-order valence-electron chi connectivity index (χ1n) is 7.12. The SMILES string of the molecule is CCN(C(=O)C1(CN)CCCC1)C(C)CN(C)C. The second-order valence-corrected chi connectivity index (χ2v) is 5.89. The van der Waals surface area contributed by atoms with Crippen LogP contribution in [0.5, 0.6) is 0 Å². The normalized spacial score (nSPS) is 20.1. The Kier molecular flexibility index (Phi) is 5.60. The average molecular weight is 255 g/mol. The van der Waals surface area contributed by atoms with Crippen molar-refractivity contribution in [1.29, 1.82) is 0 Å². The molecule has 1 saturated carbocycles. The summed E-state index contributed by atoms with van der Waals surface area (Å²) in [6, 6.07) is 0.251. The second-order valence-electron chi connectivity index (χ2n) is 5.89.